The van der Waals surface area contributed by atoms with E-state index in [2.05, 4.69) is 11.6 Å². The Morgan fingerprint density at radius 2 is 2.50 bits per heavy atom. The Bertz CT molecular complexity index is 116. The van der Waals surface area contributed by atoms with E-state index in [1.807, 2.05) is 11.8 Å². The quantitative estimate of drug-likeness (QED) is 0.661. The molecule has 3 nitrogen and oxygen atoms in total. The van der Waals surface area contributed by atoms with Crippen molar-refractivity contribution in [3.8, 4) is 0 Å². The second-order valence-electron chi connectivity index (χ2n) is 3.02. The third-order valence-corrected chi connectivity index (χ3v) is 2.69. The Balaban J connectivity index is 2.09. The second-order valence-corrected chi connectivity index (χ2v) is 4.01. The molecule has 0 aliphatic carbocycles. The van der Waals surface area contributed by atoms with Crippen LogP contribution in [0.1, 0.15) is 6.42 Å². The van der Waals surface area contributed by atoms with Gasteiger partial charge in [-0.15, -0.1) is 0 Å². The number of thioether (sulfide) groups is 1. The van der Waals surface area contributed by atoms with Gasteiger partial charge in [-0.25, -0.2) is 0 Å². The number of rotatable bonds is 4. The Morgan fingerprint density at radius 3 is 3.00 bits per heavy atom. The molecule has 1 heterocycles. The Kier molecular flexibility index (Phi) is 4.99. The van der Waals surface area contributed by atoms with Crippen molar-refractivity contribution < 1.29 is 9.84 Å². The fourth-order valence-electron chi connectivity index (χ4n) is 1.23. The molecule has 0 aromatic carbocycles. The van der Waals surface area contributed by atoms with Gasteiger partial charge in [0.1, 0.15) is 0 Å². The van der Waals surface area contributed by atoms with Gasteiger partial charge in [0.05, 0.1) is 19.3 Å². The van der Waals surface area contributed by atoms with Crippen LogP contribution in [0.25, 0.3) is 0 Å². The SMILES string of the molecule is CSCCC1COC(CO)CN1. The predicted molar refractivity (Wildman–Crippen MR) is 51.6 cm³/mol. The van der Waals surface area contributed by atoms with Crippen molar-refractivity contribution in [1.29, 1.82) is 0 Å². The molecule has 0 radical (unpaired) electrons. The lowest BCUT2D eigenvalue weighted by molar-refractivity contribution is -0.0256. The molecular weight excluding hydrogens is 174 g/mol. The number of nitrogens with one attached hydrogen (secondary N) is 1. The molecule has 12 heavy (non-hydrogen) atoms. The van der Waals surface area contributed by atoms with E-state index in [4.69, 9.17) is 9.84 Å². The summed E-state index contributed by atoms with van der Waals surface area (Å²) in [6.07, 6.45) is 3.27. The molecule has 2 N–H and O–H groups in total. The highest BCUT2D eigenvalue weighted by Crippen LogP contribution is 2.06. The van der Waals surface area contributed by atoms with Crippen LogP contribution < -0.4 is 5.32 Å². The first-order valence-corrected chi connectivity index (χ1v) is 5.71. The minimum atomic E-state index is 0.00975. The highest BCUT2D eigenvalue weighted by Gasteiger charge is 2.19. The zero-order valence-electron chi connectivity index (χ0n) is 7.45. The van der Waals surface area contributed by atoms with Crippen LogP contribution in [0.5, 0.6) is 0 Å². The van der Waals surface area contributed by atoms with Gasteiger partial charge >= 0.3 is 0 Å². The van der Waals surface area contributed by atoms with E-state index < -0.39 is 0 Å². The molecule has 1 rings (SSSR count). The first-order chi connectivity index (χ1) is 5.86. The lowest BCUT2D eigenvalue weighted by atomic mass is 10.2. The van der Waals surface area contributed by atoms with Gasteiger partial charge < -0.3 is 15.2 Å². The molecule has 0 bridgehead atoms. The van der Waals surface area contributed by atoms with Crippen molar-refractivity contribution in [3.63, 3.8) is 0 Å². The number of hydrogen-bond donors (Lipinski definition) is 2. The first kappa shape index (κ1) is 10.3. The maximum atomic E-state index is 8.78. The van der Waals surface area contributed by atoms with Gasteiger partial charge in [-0.05, 0) is 18.4 Å². The summed E-state index contributed by atoms with van der Waals surface area (Å²) in [4.78, 5) is 0. The van der Waals surface area contributed by atoms with E-state index in [0.29, 0.717) is 6.04 Å². The van der Waals surface area contributed by atoms with Crippen molar-refractivity contribution in [1.82, 2.24) is 5.32 Å². The van der Waals surface area contributed by atoms with Crippen LogP contribution in [0, 0.1) is 0 Å². The average molecular weight is 191 g/mol. The molecule has 0 aromatic rings. The van der Waals surface area contributed by atoms with Crippen LogP contribution in [0.2, 0.25) is 0 Å². The topological polar surface area (TPSA) is 41.5 Å². The smallest absolute Gasteiger partial charge is 0.0930 e. The highest BCUT2D eigenvalue weighted by atomic mass is 32.2. The molecule has 0 aromatic heterocycles. The van der Waals surface area contributed by atoms with E-state index in [1.165, 1.54) is 5.75 Å². The van der Waals surface area contributed by atoms with E-state index >= 15 is 0 Å². The van der Waals surface area contributed by atoms with Crippen LogP contribution >= 0.6 is 11.8 Å². The molecule has 1 saturated heterocycles. The lowest BCUT2D eigenvalue weighted by Gasteiger charge is -2.29. The summed E-state index contributed by atoms with van der Waals surface area (Å²) in [5.74, 6) is 1.17. The molecule has 2 unspecified atom stereocenters. The number of ether oxygens (including phenoxy) is 1. The van der Waals surface area contributed by atoms with Crippen LogP contribution in [-0.4, -0.2) is 49.0 Å². The first-order valence-electron chi connectivity index (χ1n) is 4.31. The molecule has 1 fully saturated rings. The third-order valence-electron chi connectivity index (χ3n) is 2.04. The number of morpholine rings is 1. The van der Waals surface area contributed by atoms with E-state index in [1.54, 1.807) is 0 Å². The highest BCUT2D eigenvalue weighted by molar-refractivity contribution is 7.98. The van der Waals surface area contributed by atoms with Gasteiger partial charge in [0.2, 0.25) is 0 Å². The summed E-state index contributed by atoms with van der Waals surface area (Å²) >= 11 is 1.86. The molecule has 1 aliphatic heterocycles. The van der Waals surface area contributed by atoms with Crippen molar-refractivity contribution in [2.75, 3.05) is 31.8 Å². The molecular formula is C8H17NO2S. The molecule has 0 amide bonds. The van der Waals surface area contributed by atoms with Crippen LogP contribution in [0.4, 0.5) is 0 Å². The third kappa shape index (κ3) is 3.31. The number of aliphatic hydroxyl groups is 1. The monoisotopic (exact) mass is 191 g/mol. The van der Waals surface area contributed by atoms with Crippen molar-refractivity contribution in [2.24, 2.45) is 0 Å². The molecule has 0 spiro atoms. The molecule has 4 heteroatoms. The zero-order valence-corrected chi connectivity index (χ0v) is 8.27. The van der Waals surface area contributed by atoms with Crippen LogP contribution in [0.3, 0.4) is 0 Å². The number of aliphatic hydroxyl groups excluding tert-OH is 1. The van der Waals surface area contributed by atoms with Crippen LogP contribution in [0.15, 0.2) is 0 Å². The van der Waals surface area contributed by atoms with Crippen molar-refractivity contribution >= 4 is 11.8 Å². The summed E-state index contributed by atoms with van der Waals surface area (Å²) < 4.78 is 5.42. The maximum absolute atomic E-state index is 8.78. The minimum Gasteiger partial charge on any atom is -0.394 e. The Morgan fingerprint density at radius 1 is 1.67 bits per heavy atom. The van der Waals surface area contributed by atoms with Gasteiger partial charge in [0.15, 0.2) is 0 Å². The predicted octanol–water partition coefficient (Wildman–Crippen LogP) is 0.0888. The minimum absolute atomic E-state index is 0.00975. The van der Waals surface area contributed by atoms with E-state index in [0.717, 1.165) is 19.6 Å². The Labute approximate surface area is 77.9 Å². The fourth-order valence-corrected chi connectivity index (χ4v) is 1.75. The molecule has 0 saturated carbocycles. The van der Waals surface area contributed by atoms with E-state index in [-0.39, 0.29) is 12.7 Å². The molecule has 1 aliphatic rings. The van der Waals surface area contributed by atoms with Crippen LogP contribution in [-0.2, 0) is 4.74 Å². The van der Waals surface area contributed by atoms with E-state index in [9.17, 15) is 0 Å². The fraction of sp³-hybridized carbons (Fsp3) is 1.00. The standard InChI is InChI=1S/C8H17NO2S/c1-12-3-2-7-6-11-8(5-10)4-9-7/h7-10H,2-6H2,1H3. The van der Waals surface area contributed by atoms with Crippen molar-refractivity contribution in [2.45, 2.75) is 18.6 Å². The van der Waals surface area contributed by atoms with Crippen molar-refractivity contribution in [3.05, 3.63) is 0 Å². The summed E-state index contributed by atoms with van der Waals surface area (Å²) in [7, 11) is 0. The lowest BCUT2D eigenvalue weighted by Crippen LogP contribution is -2.47. The zero-order chi connectivity index (χ0) is 8.81. The van der Waals surface area contributed by atoms with Gasteiger partial charge in [0, 0.05) is 12.6 Å². The molecule has 72 valence electrons. The Hall–Kier alpha value is 0.230. The number of hydrogen-bond acceptors (Lipinski definition) is 4. The molecule has 2 atom stereocenters. The van der Waals surface area contributed by atoms with Gasteiger partial charge in [-0.2, -0.15) is 11.8 Å². The largest absolute Gasteiger partial charge is 0.394 e. The maximum Gasteiger partial charge on any atom is 0.0930 e. The summed E-state index contributed by atoms with van der Waals surface area (Å²) in [5.41, 5.74) is 0. The normalized spacial score (nSPS) is 30.5. The average Bonchev–Trinajstić information content (AvgIpc) is 2.15. The summed E-state index contributed by atoms with van der Waals surface area (Å²) in [5, 5.41) is 12.1. The van der Waals surface area contributed by atoms with Gasteiger partial charge in [0.25, 0.3) is 0 Å². The second kappa shape index (κ2) is 5.80. The van der Waals surface area contributed by atoms with Gasteiger partial charge in [-0.1, -0.05) is 0 Å². The summed E-state index contributed by atoms with van der Waals surface area (Å²) in [6, 6.07) is 0.486. The summed E-state index contributed by atoms with van der Waals surface area (Å²) in [6.45, 7) is 1.66. The van der Waals surface area contributed by atoms with Gasteiger partial charge in [-0.3, -0.25) is 0 Å².